The highest BCUT2D eigenvalue weighted by molar-refractivity contribution is 5.79. The van der Waals surface area contributed by atoms with E-state index in [0.29, 0.717) is 11.9 Å². The predicted molar refractivity (Wildman–Crippen MR) is 76.6 cm³/mol. The highest BCUT2D eigenvalue weighted by Crippen LogP contribution is 2.16. The normalized spacial score (nSPS) is 11.5. The molecule has 0 spiro atoms. The van der Waals surface area contributed by atoms with Crippen molar-refractivity contribution in [1.82, 2.24) is 9.55 Å². The summed E-state index contributed by atoms with van der Waals surface area (Å²) in [5, 5.41) is 28.5. The Bertz CT molecular complexity index is 859. The molecule has 0 aliphatic heterocycles. The molecule has 2 rings (SSSR count). The molecule has 1 heterocycles. The van der Waals surface area contributed by atoms with E-state index in [-0.39, 0.29) is 24.0 Å². The van der Waals surface area contributed by atoms with E-state index in [0.717, 1.165) is 0 Å². The molecule has 0 aliphatic rings. The second kappa shape index (κ2) is 6.46. The fourth-order valence-corrected chi connectivity index (χ4v) is 2.06. The maximum Gasteiger partial charge on any atom is 0.270 e. The Morgan fingerprint density at radius 1 is 1.41 bits per heavy atom. The number of hydrogen-bond acceptors (Lipinski definition) is 6. The summed E-state index contributed by atoms with van der Waals surface area (Å²) >= 11 is 0. The number of rotatable bonds is 5. The van der Waals surface area contributed by atoms with E-state index >= 15 is 0 Å². The number of aromatic nitrogens is 2. The number of nitriles is 2. The van der Waals surface area contributed by atoms with Gasteiger partial charge in [-0.05, 0) is 12.5 Å². The lowest BCUT2D eigenvalue weighted by Gasteiger charge is -2.10. The SMILES string of the molecule is N#CCC[C@H](C#N)Cn1cnc2ccc([N+](=O)[O-])cc2c1=O. The summed E-state index contributed by atoms with van der Waals surface area (Å²) in [6.07, 6.45) is 1.89. The van der Waals surface area contributed by atoms with Crippen molar-refractivity contribution in [1.29, 1.82) is 10.5 Å². The Labute approximate surface area is 125 Å². The van der Waals surface area contributed by atoms with Gasteiger partial charge in [-0.2, -0.15) is 10.5 Å². The quantitative estimate of drug-likeness (QED) is 0.611. The molecular formula is C14H11N5O3. The van der Waals surface area contributed by atoms with Gasteiger partial charge in [-0.3, -0.25) is 19.5 Å². The average Bonchev–Trinajstić information content (AvgIpc) is 2.53. The number of hydrogen-bond donors (Lipinski definition) is 0. The summed E-state index contributed by atoms with van der Waals surface area (Å²) in [6.45, 7) is 0.0998. The molecule has 22 heavy (non-hydrogen) atoms. The van der Waals surface area contributed by atoms with Crippen molar-refractivity contribution < 1.29 is 4.92 Å². The molecule has 0 N–H and O–H groups in total. The smallest absolute Gasteiger partial charge is 0.270 e. The van der Waals surface area contributed by atoms with Gasteiger partial charge in [0, 0.05) is 25.1 Å². The van der Waals surface area contributed by atoms with E-state index < -0.39 is 16.4 Å². The minimum absolute atomic E-state index is 0.0998. The molecule has 8 heteroatoms. The molecule has 8 nitrogen and oxygen atoms in total. The second-order valence-corrected chi connectivity index (χ2v) is 4.68. The van der Waals surface area contributed by atoms with Crippen LogP contribution in [-0.4, -0.2) is 14.5 Å². The van der Waals surface area contributed by atoms with Crippen molar-refractivity contribution in [3.05, 3.63) is 45.0 Å². The first kappa shape index (κ1) is 15.1. The van der Waals surface area contributed by atoms with Gasteiger partial charge < -0.3 is 0 Å². The Hall–Kier alpha value is -3.26. The summed E-state index contributed by atoms with van der Waals surface area (Å²) < 4.78 is 1.25. The van der Waals surface area contributed by atoms with E-state index in [1.54, 1.807) is 0 Å². The van der Waals surface area contributed by atoms with E-state index in [4.69, 9.17) is 10.5 Å². The number of non-ortho nitro benzene ring substituents is 1. The summed E-state index contributed by atoms with van der Waals surface area (Å²) in [7, 11) is 0. The van der Waals surface area contributed by atoms with Crippen LogP contribution in [0.1, 0.15) is 12.8 Å². The number of fused-ring (bicyclic) bond motifs is 1. The zero-order chi connectivity index (χ0) is 16.1. The topological polar surface area (TPSA) is 126 Å². The van der Waals surface area contributed by atoms with Crippen molar-refractivity contribution in [2.75, 3.05) is 0 Å². The molecule has 0 fully saturated rings. The fraction of sp³-hybridized carbons (Fsp3) is 0.286. The standard InChI is InChI=1S/C14H11N5O3/c15-5-1-2-10(7-16)8-18-9-17-13-4-3-11(19(21)22)6-12(13)14(18)20/h3-4,6,9-10H,1-2,8H2/t10-/m1/s1. The third-order valence-corrected chi connectivity index (χ3v) is 3.22. The van der Waals surface area contributed by atoms with Crippen LogP contribution in [0.25, 0.3) is 10.9 Å². The molecule has 0 amide bonds. The lowest BCUT2D eigenvalue weighted by atomic mass is 10.1. The van der Waals surface area contributed by atoms with Crippen LogP contribution in [0, 0.1) is 38.7 Å². The molecule has 0 unspecified atom stereocenters. The molecule has 0 aliphatic carbocycles. The van der Waals surface area contributed by atoms with Crippen LogP contribution in [0.3, 0.4) is 0 Å². The molecule has 0 saturated heterocycles. The zero-order valence-corrected chi connectivity index (χ0v) is 11.5. The maximum atomic E-state index is 12.4. The third-order valence-electron chi connectivity index (χ3n) is 3.22. The van der Waals surface area contributed by atoms with Crippen LogP contribution in [-0.2, 0) is 6.54 Å². The van der Waals surface area contributed by atoms with Crippen LogP contribution in [0.5, 0.6) is 0 Å². The minimum Gasteiger partial charge on any atom is -0.297 e. The fourth-order valence-electron chi connectivity index (χ4n) is 2.06. The van der Waals surface area contributed by atoms with Gasteiger partial charge >= 0.3 is 0 Å². The Morgan fingerprint density at radius 2 is 2.18 bits per heavy atom. The largest absolute Gasteiger partial charge is 0.297 e. The Balaban J connectivity index is 2.42. The minimum atomic E-state index is -0.582. The molecule has 0 saturated carbocycles. The lowest BCUT2D eigenvalue weighted by molar-refractivity contribution is -0.384. The Morgan fingerprint density at radius 3 is 2.82 bits per heavy atom. The van der Waals surface area contributed by atoms with E-state index in [1.807, 2.05) is 12.1 Å². The molecule has 1 aromatic heterocycles. The first-order valence-corrected chi connectivity index (χ1v) is 6.47. The monoisotopic (exact) mass is 297 g/mol. The lowest BCUT2D eigenvalue weighted by Crippen LogP contribution is -2.24. The van der Waals surface area contributed by atoms with Gasteiger partial charge in [0.25, 0.3) is 11.2 Å². The highest BCUT2D eigenvalue weighted by Gasteiger charge is 2.13. The van der Waals surface area contributed by atoms with Gasteiger partial charge in [0.1, 0.15) is 0 Å². The van der Waals surface area contributed by atoms with Crippen molar-refractivity contribution in [3.8, 4) is 12.1 Å². The number of nitro benzene ring substituents is 1. The van der Waals surface area contributed by atoms with E-state index in [1.165, 1.54) is 29.1 Å². The molecular weight excluding hydrogens is 286 g/mol. The van der Waals surface area contributed by atoms with E-state index in [9.17, 15) is 14.9 Å². The van der Waals surface area contributed by atoms with Crippen LogP contribution in [0.4, 0.5) is 5.69 Å². The van der Waals surface area contributed by atoms with Crippen LogP contribution in [0.2, 0.25) is 0 Å². The molecule has 2 aromatic rings. The first-order valence-electron chi connectivity index (χ1n) is 6.47. The predicted octanol–water partition coefficient (Wildman–Crippen LogP) is 1.75. The van der Waals surface area contributed by atoms with Crippen LogP contribution < -0.4 is 5.56 Å². The summed E-state index contributed by atoms with van der Waals surface area (Å²) in [5.74, 6) is -0.490. The second-order valence-electron chi connectivity index (χ2n) is 4.68. The van der Waals surface area contributed by atoms with Gasteiger partial charge in [0.2, 0.25) is 0 Å². The van der Waals surface area contributed by atoms with Gasteiger partial charge in [-0.15, -0.1) is 0 Å². The molecule has 1 aromatic carbocycles. The van der Waals surface area contributed by atoms with Gasteiger partial charge in [0.05, 0.1) is 40.2 Å². The zero-order valence-electron chi connectivity index (χ0n) is 11.5. The molecule has 110 valence electrons. The van der Waals surface area contributed by atoms with E-state index in [2.05, 4.69) is 4.98 Å². The highest BCUT2D eigenvalue weighted by atomic mass is 16.6. The summed E-state index contributed by atoms with van der Waals surface area (Å²) in [6, 6.07) is 7.87. The first-order chi connectivity index (χ1) is 10.6. The number of benzene rings is 1. The summed E-state index contributed by atoms with van der Waals surface area (Å²) in [5.41, 5.74) is -0.270. The van der Waals surface area contributed by atoms with Gasteiger partial charge in [0.15, 0.2) is 0 Å². The maximum absolute atomic E-state index is 12.4. The molecule has 0 radical (unpaired) electrons. The van der Waals surface area contributed by atoms with Crippen molar-refractivity contribution in [2.45, 2.75) is 19.4 Å². The Kier molecular flexibility index (Phi) is 4.44. The molecule has 0 bridgehead atoms. The summed E-state index contributed by atoms with van der Waals surface area (Å²) in [4.78, 5) is 26.6. The van der Waals surface area contributed by atoms with Crippen molar-refractivity contribution in [2.24, 2.45) is 5.92 Å². The van der Waals surface area contributed by atoms with Crippen molar-refractivity contribution >= 4 is 16.6 Å². The van der Waals surface area contributed by atoms with Crippen LogP contribution in [0.15, 0.2) is 29.3 Å². The number of nitrogens with zero attached hydrogens (tertiary/aromatic N) is 5. The average molecular weight is 297 g/mol. The van der Waals surface area contributed by atoms with Gasteiger partial charge in [-0.25, -0.2) is 4.98 Å². The number of nitro groups is 1. The van der Waals surface area contributed by atoms with Gasteiger partial charge in [-0.1, -0.05) is 0 Å². The van der Waals surface area contributed by atoms with Crippen LogP contribution >= 0.6 is 0 Å². The molecule has 1 atom stereocenters. The van der Waals surface area contributed by atoms with Crippen molar-refractivity contribution in [3.63, 3.8) is 0 Å². The third kappa shape index (κ3) is 3.07.